The summed E-state index contributed by atoms with van der Waals surface area (Å²) < 4.78 is 34.8. The van der Waals surface area contributed by atoms with Gasteiger partial charge < -0.3 is 14.7 Å². The van der Waals surface area contributed by atoms with Crippen LogP contribution in [0.5, 0.6) is 5.75 Å². The number of carboxylic acids is 1. The lowest BCUT2D eigenvalue weighted by atomic mass is 10.0. The van der Waals surface area contributed by atoms with E-state index in [9.17, 15) is 18.4 Å². The van der Waals surface area contributed by atoms with Gasteiger partial charge in [0.2, 0.25) is 0 Å². The molecule has 5 nitrogen and oxygen atoms in total. The summed E-state index contributed by atoms with van der Waals surface area (Å²) >= 11 is 1.46. The molecule has 1 aromatic carbocycles. The Morgan fingerprint density at radius 2 is 2.12 bits per heavy atom. The van der Waals surface area contributed by atoms with Crippen molar-refractivity contribution < 1.29 is 28.2 Å². The van der Waals surface area contributed by atoms with Crippen LogP contribution in [0.1, 0.15) is 18.9 Å². The van der Waals surface area contributed by atoms with Crippen LogP contribution in [0.15, 0.2) is 24.3 Å². The number of hydrogen-bond donors (Lipinski definition) is 1. The van der Waals surface area contributed by atoms with Crippen molar-refractivity contribution in [2.75, 3.05) is 24.7 Å². The van der Waals surface area contributed by atoms with Crippen LogP contribution >= 0.6 is 11.8 Å². The average Bonchev–Trinajstić information content (AvgIpc) is 2.55. The highest BCUT2D eigenvalue weighted by Gasteiger charge is 2.48. The van der Waals surface area contributed by atoms with Gasteiger partial charge in [-0.2, -0.15) is 20.5 Å². The average molecular weight is 359 g/mol. The van der Waals surface area contributed by atoms with E-state index >= 15 is 0 Å². The van der Waals surface area contributed by atoms with Gasteiger partial charge in [-0.25, -0.2) is 0 Å². The molecule has 1 aliphatic heterocycles. The molecule has 24 heavy (non-hydrogen) atoms. The smallest absolute Gasteiger partial charge is 0.353 e. The Morgan fingerprint density at radius 3 is 2.79 bits per heavy atom. The summed E-state index contributed by atoms with van der Waals surface area (Å²) in [7, 11) is 0. The van der Waals surface area contributed by atoms with Crippen LogP contribution < -0.4 is 4.74 Å². The molecular formula is C16H19F2NO4S. The van der Waals surface area contributed by atoms with E-state index in [-0.39, 0.29) is 25.3 Å². The normalized spacial score (nSPS) is 18.3. The first-order chi connectivity index (χ1) is 11.4. The van der Waals surface area contributed by atoms with Gasteiger partial charge in [-0.15, -0.1) is 0 Å². The molecule has 0 spiro atoms. The first kappa shape index (κ1) is 18.5. The monoisotopic (exact) mass is 359 g/mol. The summed E-state index contributed by atoms with van der Waals surface area (Å²) in [4.78, 5) is 24.4. The fourth-order valence-electron chi connectivity index (χ4n) is 2.60. The Morgan fingerprint density at radius 1 is 1.42 bits per heavy atom. The summed E-state index contributed by atoms with van der Waals surface area (Å²) in [5.74, 6) is -5.46. The summed E-state index contributed by atoms with van der Waals surface area (Å²) in [6.45, 7) is 1.97. The lowest BCUT2D eigenvalue weighted by Crippen LogP contribution is -2.52. The predicted molar refractivity (Wildman–Crippen MR) is 86.6 cm³/mol. The van der Waals surface area contributed by atoms with Gasteiger partial charge in [-0.05, 0) is 19.1 Å². The highest BCUT2D eigenvalue weighted by atomic mass is 32.2. The van der Waals surface area contributed by atoms with Gasteiger partial charge in [0.1, 0.15) is 5.75 Å². The van der Waals surface area contributed by atoms with Crippen molar-refractivity contribution in [2.24, 2.45) is 0 Å². The van der Waals surface area contributed by atoms with E-state index in [1.165, 1.54) is 23.9 Å². The number of halogens is 2. The molecular weight excluding hydrogens is 340 g/mol. The molecule has 1 unspecified atom stereocenters. The summed E-state index contributed by atoms with van der Waals surface area (Å²) in [5.41, 5.74) is -0.496. The molecule has 0 bridgehead atoms. The predicted octanol–water partition coefficient (Wildman–Crippen LogP) is 2.60. The van der Waals surface area contributed by atoms with Crippen molar-refractivity contribution >= 4 is 23.6 Å². The van der Waals surface area contributed by atoms with Crippen molar-refractivity contribution in [2.45, 2.75) is 25.3 Å². The fourth-order valence-corrected chi connectivity index (χ4v) is 3.66. The third kappa shape index (κ3) is 3.98. The van der Waals surface area contributed by atoms with Crippen LogP contribution in [0.25, 0.3) is 0 Å². The van der Waals surface area contributed by atoms with Crippen molar-refractivity contribution in [3.05, 3.63) is 29.8 Å². The van der Waals surface area contributed by atoms with Crippen molar-refractivity contribution in [3.8, 4) is 5.75 Å². The maximum Gasteiger partial charge on any atom is 0.353 e. The Bertz CT molecular complexity index is 611. The van der Waals surface area contributed by atoms with Crippen LogP contribution in [0.3, 0.4) is 0 Å². The third-order valence-corrected chi connectivity index (χ3v) is 4.78. The minimum Gasteiger partial charge on any atom is -0.493 e. The number of aliphatic carboxylic acids is 1. The first-order valence-electron chi connectivity index (χ1n) is 7.58. The lowest BCUT2D eigenvalue weighted by Gasteiger charge is -2.36. The van der Waals surface area contributed by atoms with E-state index in [0.29, 0.717) is 11.5 Å². The van der Waals surface area contributed by atoms with E-state index in [0.717, 1.165) is 11.0 Å². The molecule has 2 rings (SSSR count). The second kappa shape index (κ2) is 7.83. The molecule has 0 aromatic heterocycles. The van der Waals surface area contributed by atoms with Crippen LogP contribution in [0, 0.1) is 0 Å². The standard InChI is InChI=1S/C16H19F2NO4S/c1-2-23-13-6-4-3-5-12(13)16(17,18)15(22)19-7-8-24-10-11(19)9-14(20)21/h3-6,11H,2,7-10H2,1H3,(H,20,21). The number of ether oxygens (including phenoxy) is 1. The minimum atomic E-state index is -3.77. The molecule has 1 aliphatic rings. The number of thioether (sulfide) groups is 1. The second-order valence-corrected chi connectivity index (χ2v) is 6.48. The zero-order valence-corrected chi connectivity index (χ0v) is 14.0. The van der Waals surface area contributed by atoms with Crippen LogP contribution in [0.4, 0.5) is 8.78 Å². The molecule has 1 heterocycles. The van der Waals surface area contributed by atoms with E-state index in [4.69, 9.17) is 9.84 Å². The van der Waals surface area contributed by atoms with Gasteiger partial charge in [0.15, 0.2) is 0 Å². The lowest BCUT2D eigenvalue weighted by molar-refractivity contribution is -0.162. The Kier molecular flexibility index (Phi) is 6.04. The van der Waals surface area contributed by atoms with E-state index < -0.39 is 29.4 Å². The third-order valence-electron chi connectivity index (χ3n) is 3.69. The number of nitrogens with zero attached hydrogens (tertiary/aromatic N) is 1. The molecule has 1 amide bonds. The van der Waals surface area contributed by atoms with Gasteiger partial charge in [0, 0.05) is 18.1 Å². The minimum absolute atomic E-state index is 0.0421. The summed E-state index contributed by atoms with van der Waals surface area (Å²) in [6.07, 6.45) is -0.345. The number of hydrogen-bond acceptors (Lipinski definition) is 4. The quantitative estimate of drug-likeness (QED) is 0.846. The number of benzene rings is 1. The molecule has 1 aromatic rings. The second-order valence-electron chi connectivity index (χ2n) is 5.33. The number of amides is 1. The SMILES string of the molecule is CCOc1ccccc1C(F)(F)C(=O)N1CCSCC1CC(=O)O. The van der Waals surface area contributed by atoms with Crippen molar-refractivity contribution in [1.82, 2.24) is 4.90 Å². The van der Waals surface area contributed by atoms with Gasteiger partial charge in [0.25, 0.3) is 5.91 Å². The van der Waals surface area contributed by atoms with Gasteiger partial charge in [-0.1, -0.05) is 12.1 Å². The van der Waals surface area contributed by atoms with Crippen LogP contribution in [-0.4, -0.2) is 52.6 Å². The molecule has 1 saturated heterocycles. The number of rotatable bonds is 6. The first-order valence-corrected chi connectivity index (χ1v) is 8.74. The fraction of sp³-hybridized carbons (Fsp3) is 0.500. The maximum atomic E-state index is 14.8. The Balaban J connectivity index is 2.30. The topological polar surface area (TPSA) is 66.8 Å². The molecule has 1 fully saturated rings. The molecule has 1 atom stereocenters. The van der Waals surface area contributed by atoms with E-state index in [1.807, 2.05) is 0 Å². The van der Waals surface area contributed by atoms with Gasteiger partial charge >= 0.3 is 11.9 Å². The molecule has 0 radical (unpaired) electrons. The maximum absolute atomic E-state index is 14.8. The number of para-hydroxylation sites is 1. The van der Waals surface area contributed by atoms with Gasteiger partial charge in [0.05, 0.1) is 24.6 Å². The molecule has 0 saturated carbocycles. The van der Waals surface area contributed by atoms with Crippen molar-refractivity contribution in [3.63, 3.8) is 0 Å². The zero-order chi connectivity index (χ0) is 17.7. The van der Waals surface area contributed by atoms with Crippen molar-refractivity contribution in [1.29, 1.82) is 0 Å². The summed E-state index contributed by atoms with van der Waals surface area (Å²) in [6, 6.07) is 4.78. The van der Waals surface area contributed by atoms with Gasteiger partial charge in [-0.3, -0.25) is 9.59 Å². The highest BCUT2D eigenvalue weighted by Crippen LogP contribution is 2.38. The molecule has 0 aliphatic carbocycles. The van der Waals surface area contributed by atoms with Crippen LogP contribution in [0.2, 0.25) is 0 Å². The zero-order valence-electron chi connectivity index (χ0n) is 13.2. The largest absolute Gasteiger partial charge is 0.493 e. The highest BCUT2D eigenvalue weighted by molar-refractivity contribution is 7.99. The Labute approximate surface area is 143 Å². The van der Waals surface area contributed by atoms with Crippen LogP contribution in [-0.2, 0) is 15.5 Å². The van der Waals surface area contributed by atoms with E-state index in [1.54, 1.807) is 13.0 Å². The number of carbonyl (C=O) groups is 2. The molecule has 132 valence electrons. The van der Waals surface area contributed by atoms with E-state index in [2.05, 4.69) is 0 Å². The number of carboxylic acid groups (broad SMARTS) is 1. The number of alkyl halides is 2. The Hall–Kier alpha value is -1.83. The molecule has 1 N–H and O–H groups in total. The molecule has 8 heteroatoms. The number of carbonyl (C=O) groups excluding carboxylic acids is 1. The summed E-state index contributed by atoms with van der Waals surface area (Å²) in [5, 5.41) is 8.94.